The molecule has 0 aromatic carbocycles. The first kappa shape index (κ1) is 7.08. The molecule has 1 rings (SSSR count). The van der Waals surface area contributed by atoms with Gasteiger partial charge in [0.05, 0.1) is 5.69 Å². The topological polar surface area (TPSA) is 38.9 Å². The standard InChI is InChI=1S/C6H6F2N2/c7-5-2-1-4(3-9)10-6(5)8/h1-2H,3,9H2. The van der Waals surface area contributed by atoms with Crippen LogP contribution in [0.15, 0.2) is 12.1 Å². The fraction of sp³-hybridized carbons (Fsp3) is 0.167. The van der Waals surface area contributed by atoms with Crippen molar-refractivity contribution in [2.24, 2.45) is 5.73 Å². The van der Waals surface area contributed by atoms with Crippen molar-refractivity contribution in [3.63, 3.8) is 0 Å². The Morgan fingerprint density at radius 1 is 1.40 bits per heavy atom. The van der Waals surface area contributed by atoms with Gasteiger partial charge in [-0.15, -0.1) is 0 Å². The molecule has 2 N–H and O–H groups in total. The van der Waals surface area contributed by atoms with Crippen LogP contribution in [0.5, 0.6) is 0 Å². The maximum atomic E-state index is 12.2. The van der Waals surface area contributed by atoms with Gasteiger partial charge in [0.25, 0.3) is 0 Å². The Morgan fingerprint density at radius 2 is 2.10 bits per heavy atom. The average molecular weight is 144 g/mol. The van der Waals surface area contributed by atoms with Gasteiger partial charge in [0, 0.05) is 6.54 Å². The van der Waals surface area contributed by atoms with Crippen LogP contribution in [0.3, 0.4) is 0 Å². The van der Waals surface area contributed by atoms with Crippen molar-refractivity contribution < 1.29 is 8.78 Å². The molecule has 1 heterocycles. The number of hydrogen-bond acceptors (Lipinski definition) is 2. The third-order valence-corrected chi connectivity index (χ3v) is 1.07. The molecule has 1 aromatic heterocycles. The molecule has 0 radical (unpaired) electrons. The molecular weight excluding hydrogens is 138 g/mol. The molecule has 0 unspecified atom stereocenters. The van der Waals surface area contributed by atoms with Gasteiger partial charge in [0.1, 0.15) is 0 Å². The van der Waals surface area contributed by atoms with E-state index in [0.29, 0.717) is 5.69 Å². The monoisotopic (exact) mass is 144 g/mol. The molecule has 10 heavy (non-hydrogen) atoms. The number of nitrogens with zero attached hydrogens (tertiary/aromatic N) is 1. The number of pyridine rings is 1. The van der Waals surface area contributed by atoms with Gasteiger partial charge in [-0.3, -0.25) is 0 Å². The molecule has 4 heteroatoms. The van der Waals surface area contributed by atoms with Crippen LogP contribution in [-0.2, 0) is 6.54 Å². The first-order chi connectivity index (χ1) is 4.74. The molecule has 0 saturated heterocycles. The van der Waals surface area contributed by atoms with E-state index in [-0.39, 0.29) is 6.54 Å². The summed E-state index contributed by atoms with van der Waals surface area (Å²) < 4.78 is 24.4. The van der Waals surface area contributed by atoms with Gasteiger partial charge in [-0.25, -0.2) is 9.37 Å². The number of hydrogen-bond donors (Lipinski definition) is 1. The zero-order valence-corrected chi connectivity index (χ0v) is 5.14. The normalized spacial score (nSPS) is 9.90. The largest absolute Gasteiger partial charge is 0.325 e. The van der Waals surface area contributed by atoms with Gasteiger partial charge < -0.3 is 5.73 Å². The highest BCUT2D eigenvalue weighted by atomic mass is 19.2. The van der Waals surface area contributed by atoms with Crippen molar-refractivity contribution in [2.75, 3.05) is 0 Å². The molecule has 0 saturated carbocycles. The summed E-state index contributed by atoms with van der Waals surface area (Å²) in [5.74, 6) is -2.04. The Kier molecular flexibility index (Phi) is 1.91. The van der Waals surface area contributed by atoms with E-state index in [9.17, 15) is 8.78 Å². The molecule has 54 valence electrons. The van der Waals surface area contributed by atoms with E-state index in [2.05, 4.69) is 4.98 Å². The van der Waals surface area contributed by atoms with E-state index in [1.807, 2.05) is 0 Å². The van der Waals surface area contributed by atoms with Crippen molar-refractivity contribution >= 4 is 0 Å². The summed E-state index contributed by atoms with van der Waals surface area (Å²) in [4.78, 5) is 3.22. The summed E-state index contributed by atoms with van der Waals surface area (Å²) in [5.41, 5.74) is 5.46. The molecule has 0 spiro atoms. The highest BCUT2D eigenvalue weighted by Crippen LogP contribution is 2.02. The van der Waals surface area contributed by atoms with Crippen LogP contribution in [0, 0.1) is 11.8 Å². The third-order valence-electron chi connectivity index (χ3n) is 1.07. The molecule has 0 aliphatic rings. The Bertz CT molecular complexity index is 237. The first-order valence-electron chi connectivity index (χ1n) is 2.75. The van der Waals surface area contributed by atoms with Crippen LogP contribution in [0.2, 0.25) is 0 Å². The molecule has 2 nitrogen and oxygen atoms in total. The van der Waals surface area contributed by atoms with Gasteiger partial charge in [-0.1, -0.05) is 0 Å². The number of halogens is 2. The fourth-order valence-electron chi connectivity index (χ4n) is 0.569. The van der Waals surface area contributed by atoms with Gasteiger partial charge in [0.2, 0.25) is 5.95 Å². The maximum absolute atomic E-state index is 12.2. The van der Waals surface area contributed by atoms with Crippen molar-refractivity contribution in [2.45, 2.75) is 6.54 Å². The lowest BCUT2D eigenvalue weighted by Gasteiger charge is -1.94. The fourth-order valence-corrected chi connectivity index (χ4v) is 0.569. The van der Waals surface area contributed by atoms with Gasteiger partial charge in [0.15, 0.2) is 5.82 Å². The Morgan fingerprint density at radius 3 is 2.60 bits per heavy atom. The molecule has 0 bridgehead atoms. The van der Waals surface area contributed by atoms with Crippen LogP contribution in [0.4, 0.5) is 8.78 Å². The van der Waals surface area contributed by atoms with E-state index in [0.717, 1.165) is 6.07 Å². The molecular formula is C6H6F2N2. The SMILES string of the molecule is NCc1ccc(F)c(F)n1. The average Bonchev–Trinajstić information content (AvgIpc) is 1.95. The van der Waals surface area contributed by atoms with Crippen molar-refractivity contribution in [3.05, 3.63) is 29.6 Å². The van der Waals surface area contributed by atoms with Crippen LogP contribution >= 0.6 is 0 Å². The van der Waals surface area contributed by atoms with Gasteiger partial charge in [-0.05, 0) is 12.1 Å². The second-order valence-corrected chi connectivity index (χ2v) is 1.78. The van der Waals surface area contributed by atoms with Crippen molar-refractivity contribution in [1.29, 1.82) is 0 Å². The Labute approximate surface area is 56.7 Å². The van der Waals surface area contributed by atoms with E-state index >= 15 is 0 Å². The smallest absolute Gasteiger partial charge is 0.249 e. The molecule has 0 fully saturated rings. The zero-order valence-electron chi connectivity index (χ0n) is 5.14. The summed E-state index contributed by atoms with van der Waals surface area (Å²) in [6.07, 6.45) is 0. The zero-order chi connectivity index (χ0) is 7.56. The van der Waals surface area contributed by atoms with E-state index < -0.39 is 11.8 Å². The van der Waals surface area contributed by atoms with Gasteiger partial charge in [-0.2, -0.15) is 4.39 Å². The summed E-state index contributed by atoms with van der Waals surface area (Å²) in [6.45, 7) is 0.122. The van der Waals surface area contributed by atoms with Crippen LogP contribution in [0.1, 0.15) is 5.69 Å². The van der Waals surface area contributed by atoms with Crippen LogP contribution in [0.25, 0.3) is 0 Å². The summed E-state index contributed by atoms with van der Waals surface area (Å²) in [6, 6.07) is 2.35. The first-order valence-corrected chi connectivity index (χ1v) is 2.75. The Balaban J connectivity index is 3.04. The maximum Gasteiger partial charge on any atom is 0.249 e. The second-order valence-electron chi connectivity index (χ2n) is 1.78. The number of rotatable bonds is 1. The van der Waals surface area contributed by atoms with Crippen molar-refractivity contribution in [3.8, 4) is 0 Å². The lowest BCUT2D eigenvalue weighted by molar-refractivity contribution is 0.475. The van der Waals surface area contributed by atoms with Crippen LogP contribution < -0.4 is 5.73 Å². The highest BCUT2D eigenvalue weighted by Gasteiger charge is 2.01. The Hall–Kier alpha value is -1.03. The van der Waals surface area contributed by atoms with Crippen LogP contribution in [-0.4, -0.2) is 4.98 Å². The minimum atomic E-state index is -1.09. The lowest BCUT2D eigenvalue weighted by atomic mass is 10.3. The minimum absolute atomic E-state index is 0.122. The highest BCUT2D eigenvalue weighted by molar-refractivity contribution is 5.05. The predicted octanol–water partition coefficient (Wildman–Crippen LogP) is 0.819. The van der Waals surface area contributed by atoms with E-state index in [1.54, 1.807) is 0 Å². The molecule has 0 amide bonds. The molecule has 0 aliphatic carbocycles. The number of aromatic nitrogens is 1. The second kappa shape index (κ2) is 2.70. The minimum Gasteiger partial charge on any atom is -0.325 e. The van der Waals surface area contributed by atoms with Gasteiger partial charge >= 0.3 is 0 Å². The predicted molar refractivity (Wildman–Crippen MR) is 32.0 cm³/mol. The number of nitrogens with two attached hydrogens (primary N) is 1. The third kappa shape index (κ3) is 1.27. The van der Waals surface area contributed by atoms with E-state index in [1.165, 1.54) is 6.07 Å². The summed E-state index contributed by atoms with van der Waals surface area (Å²) >= 11 is 0. The molecule has 1 aromatic rings. The molecule has 0 aliphatic heterocycles. The summed E-state index contributed by atoms with van der Waals surface area (Å²) in [5, 5.41) is 0. The quantitative estimate of drug-likeness (QED) is 0.592. The summed E-state index contributed by atoms with van der Waals surface area (Å²) in [7, 11) is 0. The van der Waals surface area contributed by atoms with E-state index in [4.69, 9.17) is 5.73 Å². The van der Waals surface area contributed by atoms with Crippen molar-refractivity contribution in [1.82, 2.24) is 4.98 Å². The molecule has 0 atom stereocenters. The lowest BCUT2D eigenvalue weighted by Crippen LogP contribution is -2.01.